The van der Waals surface area contributed by atoms with Crippen molar-refractivity contribution in [3.8, 4) is 11.5 Å². The summed E-state index contributed by atoms with van der Waals surface area (Å²) in [6.07, 6.45) is 2.42. The number of benzene rings is 1. The summed E-state index contributed by atoms with van der Waals surface area (Å²) >= 11 is 0. The van der Waals surface area contributed by atoms with Crippen LogP contribution in [0.15, 0.2) is 42.6 Å². The summed E-state index contributed by atoms with van der Waals surface area (Å²) in [5, 5.41) is 12.7. The quantitative estimate of drug-likeness (QED) is 0.848. The molecule has 2 aromatic rings. The molecule has 0 fully saturated rings. The van der Waals surface area contributed by atoms with Gasteiger partial charge in [-0.15, -0.1) is 0 Å². The van der Waals surface area contributed by atoms with Gasteiger partial charge in [0.25, 0.3) is 0 Å². The van der Waals surface area contributed by atoms with Crippen molar-refractivity contribution >= 4 is 0 Å². The number of aromatic nitrogens is 1. The van der Waals surface area contributed by atoms with Crippen molar-refractivity contribution in [1.29, 1.82) is 0 Å². The van der Waals surface area contributed by atoms with Crippen LogP contribution in [0.3, 0.4) is 0 Å². The van der Waals surface area contributed by atoms with Crippen molar-refractivity contribution in [1.82, 2.24) is 10.3 Å². The second kappa shape index (κ2) is 6.91. The summed E-state index contributed by atoms with van der Waals surface area (Å²) in [6.45, 7) is 2.78. The van der Waals surface area contributed by atoms with Gasteiger partial charge in [-0.1, -0.05) is 25.1 Å². The Balaban J connectivity index is 2.07. The van der Waals surface area contributed by atoms with E-state index in [2.05, 4.69) is 23.3 Å². The molecule has 0 spiro atoms. The van der Waals surface area contributed by atoms with E-state index >= 15 is 0 Å². The van der Waals surface area contributed by atoms with E-state index < -0.39 is 0 Å². The fraction of sp³-hybridized carbons (Fsp3) is 0.312. The van der Waals surface area contributed by atoms with Crippen molar-refractivity contribution in [2.24, 2.45) is 0 Å². The third-order valence-electron chi connectivity index (χ3n) is 3.26. The van der Waals surface area contributed by atoms with Gasteiger partial charge in [0.05, 0.1) is 19.0 Å². The van der Waals surface area contributed by atoms with E-state index in [9.17, 15) is 5.11 Å². The molecule has 1 unspecified atom stereocenters. The predicted molar refractivity (Wildman–Crippen MR) is 78.8 cm³/mol. The lowest BCUT2D eigenvalue weighted by molar-refractivity contribution is 0.396. The zero-order chi connectivity index (χ0) is 14.4. The number of hydrogen-bond acceptors (Lipinski definition) is 4. The molecule has 1 atom stereocenters. The molecule has 0 aliphatic heterocycles. The van der Waals surface area contributed by atoms with E-state index in [4.69, 9.17) is 4.74 Å². The number of aromatic hydroxyl groups is 1. The van der Waals surface area contributed by atoms with Crippen LogP contribution in [-0.2, 0) is 6.54 Å². The molecular formula is C16H20N2O2. The lowest BCUT2D eigenvalue weighted by atomic mass is 10.0. The summed E-state index contributed by atoms with van der Waals surface area (Å²) in [4.78, 5) is 4.18. The first-order chi connectivity index (χ1) is 9.74. The van der Waals surface area contributed by atoms with Crippen molar-refractivity contribution in [3.05, 3.63) is 53.9 Å². The summed E-state index contributed by atoms with van der Waals surface area (Å²) in [5.74, 6) is 1.08. The summed E-state index contributed by atoms with van der Waals surface area (Å²) < 4.78 is 5.41. The number of pyridine rings is 1. The first kappa shape index (κ1) is 14.3. The van der Waals surface area contributed by atoms with Crippen LogP contribution >= 0.6 is 0 Å². The smallest absolute Gasteiger partial charge is 0.133 e. The van der Waals surface area contributed by atoms with Crippen molar-refractivity contribution in [3.63, 3.8) is 0 Å². The van der Waals surface area contributed by atoms with Crippen molar-refractivity contribution in [2.75, 3.05) is 7.11 Å². The van der Waals surface area contributed by atoms with E-state index in [0.717, 1.165) is 23.4 Å². The summed E-state index contributed by atoms with van der Waals surface area (Å²) in [6, 6.07) is 11.7. The molecule has 2 N–H and O–H groups in total. The van der Waals surface area contributed by atoms with E-state index in [1.807, 2.05) is 24.3 Å². The average molecular weight is 272 g/mol. The van der Waals surface area contributed by atoms with Crippen LogP contribution in [0.5, 0.6) is 11.5 Å². The molecule has 1 heterocycles. The molecule has 4 nitrogen and oxygen atoms in total. The minimum Gasteiger partial charge on any atom is -0.506 e. The Bertz CT molecular complexity index is 540. The molecule has 0 saturated heterocycles. The van der Waals surface area contributed by atoms with Crippen molar-refractivity contribution in [2.45, 2.75) is 25.9 Å². The highest BCUT2D eigenvalue weighted by atomic mass is 16.5. The second-order valence-electron chi connectivity index (χ2n) is 4.59. The zero-order valence-electron chi connectivity index (χ0n) is 11.8. The molecule has 0 aliphatic rings. The van der Waals surface area contributed by atoms with Gasteiger partial charge in [0.2, 0.25) is 0 Å². The number of nitrogens with zero attached hydrogens (tertiary/aromatic N) is 1. The van der Waals surface area contributed by atoms with Crippen LogP contribution in [-0.4, -0.2) is 17.2 Å². The Labute approximate surface area is 119 Å². The predicted octanol–water partition coefficient (Wildman–Crippen LogP) is 3.04. The maximum Gasteiger partial charge on any atom is 0.133 e. The highest BCUT2D eigenvalue weighted by Crippen LogP contribution is 2.26. The van der Waals surface area contributed by atoms with Gasteiger partial charge in [-0.2, -0.15) is 0 Å². The lowest BCUT2D eigenvalue weighted by Crippen LogP contribution is -2.21. The summed E-state index contributed by atoms with van der Waals surface area (Å²) in [7, 11) is 1.69. The Hall–Kier alpha value is -2.07. The number of rotatable bonds is 6. The van der Waals surface area contributed by atoms with E-state index in [1.54, 1.807) is 13.2 Å². The third kappa shape index (κ3) is 3.48. The first-order valence-corrected chi connectivity index (χ1v) is 6.74. The first-order valence-electron chi connectivity index (χ1n) is 6.74. The molecular weight excluding hydrogens is 252 g/mol. The lowest BCUT2D eigenvalue weighted by Gasteiger charge is -2.19. The van der Waals surface area contributed by atoms with Gasteiger partial charge in [0.1, 0.15) is 11.5 Å². The molecule has 2 rings (SSSR count). The van der Waals surface area contributed by atoms with Crippen LogP contribution in [0.2, 0.25) is 0 Å². The van der Waals surface area contributed by atoms with E-state index in [0.29, 0.717) is 6.54 Å². The number of para-hydroxylation sites is 1. The largest absolute Gasteiger partial charge is 0.506 e. The second-order valence-corrected chi connectivity index (χ2v) is 4.59. The standard InChI is InChI=1S/C16H20N2O2/c1-3-15(14-6-4-5-7-16(14)20-2)18-10-12-8-9-13(19)11-17-12/h4-9,11,15,18-19H,3,10H2,1-2H3. The number of methoxy groups -OCH3 is 1. The molecule has 1 aromatic heterocycles. The maximum absolute atomic E-state index is 9.23. The van der Waals surface area contributed by atoms with Crippen LogP contribution in [0, 0.1) is 0 Å². The minimum atomic E-state index is 0.186. The normalized spacial score (nSPS) is 12.1. The average Bonchev–Trinajstić information content (AvgIpc) is 2.50. The van der Waals surface area contributed by atoms with Crippen LogP contribution in [0.4, 0.5) is 0 Å². The Morgan fingerprint density at radius 2 is 2.05 bits per heavy atom. The molecule has 1 aromatic carbocycles. The molecule has 0 bridgehead atoms. The minimum absolute atomic E-state index is 0.186. The fourth-order valence-corrected chi connectivity index (χ4v) is 2.18. The molecule has 0 aliphatic carbocycles. The Kier molecular flexibility index (Phi) is 4.96. The van der Waals surface area contributed by atoms with Crippen molar-refractivity contribution < 1.29 is 9.84 Å². The molecule has 20 heavy (non-hydrogen) atoms. The highest BCUT2D eigenvalue weighted by molar-refractivity contribution is 5.35. The summed E-state index contributed by atoms with van der Waals surface area (Å²) in [5.41, 5.74) is 2.05. The van der Waals surface area contributed by atoms with Crippen LogP contribution in [0.25, 0.3) is 0 Å². The van der Waals surface area contributed by atoms with Gasteiger partial charge in [-0.3, -0.25) is 4.98 Å². The van der Waals surface area contributed by atoms with Gasteiger partial charge in [-0.05, 0) is 24.6 Å². The fourth-order valence-electron chi connectivity index (χ4n) is 2.18. The van der Waals surface area contributed by atoms with Gasteiger partial charge in [-0.25, -0.2) is 0 Å². The highest BCUT2D eigenvalue weighted by Gasteiger charge is 2.13. The van der Waals surface area contributed by atoms with Crippen LogP contribution in [0.1, 0.15) is 30.6 Å². The van der Waals surface area contributed by atoms with Gasteiger partial charge in [0, 0.05) is 18.2 Å². The third-order valence-corrected chi connectivity index (χ3v) is 3.26. The van der Waals surface area contributed by atoms with Gasteiger partial charge in [0.15, 0.2) is 0 Å². The molecule has 4 heteroatoms. The molecule has 0 saturated carbocycles. The Morgan fingerprint density at radius 1 is 1.25 bits per heavy atom. The Morgan fingerprint density at radius 3 is 2.70 bits per heavy atom. The zero-order valence-corrected chi connectivity index (χ0v) is 11.8. The van der Waals surface area contributed by atoms with E-state index in [1.165, 1.54) is 6.20 Å². The topological polar surface area (TPSA) is 54.4 Å². The number of ether oxygens (including phenoxy) is 1. The molecule has 0 amide bonds. The monoisotopic (exact) mass is 272 g/mol. The number of nitrogens with one attached hydrogen (secondary N) is 1. The van der Waals surface area contributed by atoms with E-state index in [-0.39, 0.29) is 11.8 Å². The number of hydrogen-bond donors (Lipinski definition) is 2. The maximum atomic E-state index is 9.23. The SMILES string of the molecule is CCC(NCc1ccc(O)cn1)c1ccccc1OC. The van der Waals surface area contributed by atoms with Gasteiger partial charge >= 0.3 is 0 Å². The van der Waals surface area contributed by atoms with Crippen LogP contribution < -0.4 is 10.1 Å². The van der Waals surface area contributed by atoms with Gasteiger partial charge < -0.3 is 15.2 Å². The molecule has 0 radical (unpaired) electrons. The molecule has 106 valence electrons.